The molecule has 0 unspecified atom stereocenters. The first-order valence-corrected chi connectivity index (χ1v) is 7.96. The third-order valence-corrected chi connectivity index (χ3v) is 4.44. The van der Waals surface area contributed by atoms with Crippen molar-refractivity contribution in [1.82, 2.24) is 4.98 Å². The Morgan fingerprint density at radius 2 is 2.05 bits per heavy atom. The van der Waals surface area contributed by atoms with E-state index in [4.69, 9.17) is 4.74 Å². The van der Waals surface area contributed by atoms with Crippen LogP contribution in [0.1, 0.15) is 49.5 Å². The molecule has 0 fully saturated rings. The maximum atomic E-state index is 12.4. The number of carbonyl (C=O) groups excluding carboxylic acids is 2. The van der Waals surface area contributed by atoms with Crippen LogP contribution >= 0.6 is 11.3 Å². The van der Waals surface area contributed by atoms with E-state index in [9.17, 15) is 9.59 Å². The number of H-pyrrole nitrogens is 1. The van der Waals surface area contributed by atoms with Gasteiger partial charge in [0, 0.05) is 10.6 Å². The number of aromatic nitrogens is 1. The third-order valence-electron chi connectivity index (χ3n) is 3.45. The molecule has 2 rings (SSSR count). The Morgan fingerprint density at radius 1 is 1.32 bits per heavy atom. The molecule has 22 heavy (non-hydrogen) atoms. The summed E-state index contributed by atoms with van der Waals surface area (Å²) in [6, 6.07) is 2.01. The van der Waals surface area contributed by atoms with Crippen LogP contribution in [-0.2, 0) is 4.74 Å². The zero-order chi connectivity index (χ0) is 16.3. The van der Waals surface area contributed by atoms with Crippen LogP contribution in [0.25, 0.3) is 6.08 Å². The molecular formula is C17H19NO3S. The first-order chi connectivity index (χ1) is 10.5. The second-order valence-electron chi connectivity index (χ2n) is 5.01. The second kappa shape index (κ2) is 6.75. The topological polar surface area (TPSA) is 59.2 Å². The summed E-state index contributed by atoms with van der Waals surface area (Å²) in [6.45, 7) is 7.59. The summed E-state index contributed by atoms with van der Waals surface area (Å²) in [7, 11) is 0. The highest BCUT2D eigenvalue weighted by atomic mass is 32.1. The Morgan fingerprint density at radius 3 is 2.64 bits per heavy atom. The lowest BCUT2D eigenvalue weighted by Crippen LogP contribution is -2.07. The van der Waals surface area contributed by atoms with Crippen LogP contribution < -0.4 is 0 Å². The molecular weight excluding hydrogens is 298 g/mol. The Hall–Kier alpha value is -2.14. The number of esters is 1. The molecule has 0 atom stereocenters. The number of ether oxygens (including phenoxy) is 1. The van der Waals surface area contributed by atoms with Crippen LogP contribution in [0.3, 0.4) is 0 Å². The molecule has 0 aliphatic carbocycles. The van der Waals surface area contributed by atoms with Crippen molar-refractivity contribution < 1.29 is 14.3 Å². The molecule has 1 N–H and O–H groups in total. The Balaban J connectivity index is 2.28. The number of allylic oxidation sites excluding steroid dienone is 1. The Kier molecular flexibility index (Phi) is 4.98. The van der Waals surface area contributed by atoms with E-state index in [1.807, 2.05) is 24.4 Å². The number of thiophene rings is 1. The van der Waals surface area contributed by atoms with Crippen LogP contribution in [0.4, 0.5) is 0 Å². The SMILES string of the molecule is CCOC(=O)c1c(C)[nH]c(C(=O)C=Cc2sccc2C)c1C. The van der Waals surface area contributed by atoms with Crippen molar-refractivity contribution in [3.8, 4) is 0 Å². The fourth-order valence-corrected chi connectivity index (χ4v) is 3.12. The Bertz CT molecular complexity index is 737. The summed E-state index contributed by atoms with van der Waals surface area (Å²) in [5.41, 5.74) is 3.31. The minimum absolute atomic E-state index is 0.149. The smallest absolute Gasteiger partial charge is 0.340 e. The lowest BCUT2D eigenvalue weighted by atomic mass is 10.1. The van der Waals surface area contributed by atoms with Crippen LogP contribution in [0, 0.1) is 20.8 Å². The van der Waals surface area contributed by atoms with E-state index < -0.39 is 5.97 Å². The number of hydrogen-bond acceptors (Lipinski definition) is 4. The van der Waals surface area contributed by atoms with Gasteiger partial charge in [0.2, 0.25) is 5.78 Å². The molecule has 2 aromatic rings. The minimum atomic E-state index is -0.397. The molecule has 4 nitrogen and oxygen atoms in total. The van der Waals surface area contributed by atoms with Gasteiger partial charge in [0.25, 0.3) is 0 Å². The van der Waals surface area contributed by atoms with Gasteiger partial charge in [0.15, 0.2) is 0 Å². The molecule has 2 heterocycles. The average Bonchev–Trinajstić information content (AvgIpc) is 3.00. The van der Waals surface area contributed by atoms with Gasteiger partial charge in [0.05, 0.1) is 17.9 Å². The van der Waals surface area contributed by atoms with E-state index in [1.54, 1.807) is 32.1 Å². The molecule has 0 saturated carbocycles. The first-order valence-electron chi connectivity index (χ1n) is 7.08. The summed E-state index contributed by atoms with van der Waals surface area (Å²) in [4.78, 5) is 28.3. The van der Waals surface area contributed by atoms with Gasteiger partial charge < -0.3 is 9.72 Å². The first kappa shape index (κ1) is 16.2. The zero-order valence-corrected chi connectivity index (χ0v) is 14.0. The summed E-state index contributed by atoms with van der Waals surface area (Å²) in [5, 5.41) is 1.99. The van der Waals surface area contributed by atoms with Gasteiger partial charge in [-0.25, -0.2) is 4.79 Å². The highest BCUT2D eigenvalue weighted by Crippen LogP contribution is 2.21. The van der Waals surface area contributed by atoms with Crippen LogP contribution in [-0.4, -0.2) is 23.3 Å². The molecule has 2 aromatic heterocycles. The van der Waals surface area contributed by atoms with Crippen molar-refractivity contribution in [3.05, 3.63) is 50.5 Å². The quantitative estimate of drug-likeness (QED) is 0.513. The number of ketones is 1. The van der Waals surface area contributed by atoms with Gasteiger partial charge in [-0.2, -0.15) is 0 Å². The average molecular weight is 317 g/mol. The molecule has 0 radical (unpaired) electrons. The maximum absolute atomic E-state index is 12.4. The summed E-state index contributed by atoms with van der Waals surface area (Å²) >= 11 is 1.59. The Labute approximate surface area is 133 Å². The van der Waals surface area contributed by atoms with Crippen molar-refractivity contribution in [2.24, 2.45) is 0 Å². The molecule has 0 aromatic carbocycles. The predicted molar refractivity (Wildman–Crippen MR) is 88.6 cm³/mol. The normalized spacial score (nSPS) is 11.1. The van der Waals surface area contributed by atoms with Crippen molar-refractivity contribution in [2.75, 3.05) is 6.61 Å². The highest BCUT2D eigenvalue weighted by Gasteiger charge is 2.21. The number of hydrogen-bond donors (Lipinski definition) is 1. The fraction of sp³-hybridized carbons (Fsp3) is 0.294. The molecule has 0 bridgehead atoms. The zero-order valence-electron chi connectivity index (χ0n) is 13.1. The highest BCUT2D eigenvalue weighted by molar-refractivity contribution is 7.11. The van der Waals surface area contributed by atoms with E-state index >= 15 is 0 Å². The summed E-state index contributed by atoms with van der Waals surface area (Å²) in [5.74, 6) is -0.546. The van der Waals surface area contributed by atoms with Gasteiger partial charge >= 0.3 is 5.97 Å². The van der Waals surface area contributed by atoms with E-state index in [1.165, 1.54) is 6.08 Å². The molecule has 0 aliphatic rings. The van der Waals surface area contributed by atoms with Crippen LogP contribution in [0.5, 0.6) is 0 Å². The lowest BCUT2D eigenvalue weighted by molar-refractivity contribution is 0.0525. The van der Waals surface area contributed by atoms with Gasteiger partial charge in [0.1, 0.15) is 0 Å². The fourth-order valence-electron chi connectivity index (χ4n) is 2.30. The molecule has 5 heteroatoms. The molecule has 0 amide bonds. The molecule has 116 valence electrons. The van der Waals surface area contributed by atoms with E-state index in [-0.39, 0.29) is 5.78 Å². The summed E-state index contributed by atoms with van der Waals surface area (Å²) in [6.07, 6.45) is 3.34. The molecule has 0 saturated heterocycles. The van der Waals surface area contributed by atoms with Crippen LogP contribution in [0.15, 0.2) is 17.5 Å². The number of aromatic amines is 1. The standard InChI is InChI=1S/C17H19NO3S/c1-5-21-17(20)15-11(3)16(18-12(15)4)13(19)6-7-14-10(2)8-9-22-14/h6-9,18H,5H2,1-4H3. The monoisotopic (exact) mass is 317 g/mol. The number of carbonyl (C=O) groups is 2. The summed E-state index contributed by atoms with van der Waals surface area (Å²) < 4.78 is 5.03. The molecule has 0 spiro atoms. The van der Waals surface area contributed by atoms with Crippen molar-refractivity contribution in [3.63, 3.8) is 0 Å². The van der Waals surface area contributed by atoms with Gasteiger partial charge in [-0.15, -0.1) is 11.3 Å². The van der Waals surface area contributed by atoms with Crippen molar-refractivity contribution in [1.29, 1.82) is 0 Å². The van der Waals surface area contributed by atoms with Gasteiger partial charge in [-0.1, -0.05) is 0 Å². The van der Waals surface area contributed by atoms with Crippen molar-refractivity contribution >= 4 is 29.2 Å². The molecule has 0 aliphatic heterocycles. The number of nitrogens with one attached hydrogen (secondary N) is 1. The largest absolute Gasteiger partial charge is 0.462 e. The number of rotatable bonds is 5. The lowest BCUT2D eigenvalue weighted by Gasteiger charge is -2.02. The predicted octanol–water partition coefficient (Wildman–Crippen LogP) is 4.07. The second-order valence-corrected chi connectivity index (χ2v) is 5.96. The van der Waals surface area contributed by atoms with Gasteiger partial charge in [-0.3, -0.25) is 4.79 Å². The van der Waals surface area contributed by atoms with E-state index in [2.05, 4.69) is 4.98 Å². The minimum Gasteiger partial charge on any atom is -0.462 e. The van der Waals surface area contributed by atoms with E-state index in [0.717, 1.165) is 10.4 Å². The maximum Gasteiger partial charge on any atom is 0.340 e. The van der Waals surface area contributed by atoms with Gasteiger partial charge in [-0.05, 0) is 62.4 Å². The van der Waals surface area contributed by atoms with Crippen molar-refractivity contribution in [2.45, 2.75) is 27.7 Å². The third kappa shape index (κ3) is 3.20. The van der Waals surface area contributed by atoms with Crippen LogP contribution in [0.2, 0.25) is 0 Å². The van der Waals surface area contributed by atoms with E-state index in [0.29, 0.717) is 29.1 Å². The number of aryl methyl sites for hydroxylation is 2.